The van der Waals surface area contributed by atoms with Gasteiger partial charge in [-0.3, -0.25) is 0 Å². The summed E-state index contributed by atoms with van der Waals surface area (Å²) in [5, 5.41) is 0. The average molecular weight is 294 g/mol. The summed E-state index contributed by atoms with van der Waals surface area (Å²) in [5.74, 6) is -0.610. The molecule has 5 atom stereocenters. The summed E-state index contributed by atoms with van der Waals surface area (Å²) in [6, 6.07) is 0. The number of rotatable bonds is 4. The Hall–Kier alpha value is -0.940. The lowest BCUT2D eigenvalue weighted by Crippen LogP contribution is -2.56. The lowest BCUT2D eigenvalue weighted by Gasteiger charge is -2.41. The zero-order chi connectivity index (χ0) is 15.6. The van der Waals surface area contributed by atoms with Crippen LogP contribution in [0.2, 0.25) is 0 Å². The van der Waals surface area contributed by atoms with Crippen molar-refractivity contribution in [2.75, 3.05) is 7.11 Å². The van der Waals surface area contributed by atoms with Gasteiger partial charge in [-0.1, -0.05) is 30.9 Å². The quantitative estimate of drug-likeness (QED) is 0.747. The maximum atomic E-state index is 6.08. The number of ether oxygens (including phenoxy) is 4. The highest BCUT2D eigenvalue weighted by Crippen LogP contribution is 2.39. The van der Waals surface area contributed by atoms with Gasteiger partial charge < -0.3 is 18.9 Å². The van der Waals surface area contributed by atoms with Gasteiger partial charge in [-0.05, 0) is 33.3 Å². The van der Waals surface area contributed by atoms with Crippen LogP contribution in [0.1, 0.15) is 27.7 Å². The van der Waals surface area contributed by atoms with E-state index in [9.17, 15) is 0 Å². The van der Waals surface area contributed by atoms with E-state index in [-0.39, 0.29) is 30.5 Å². The van der Waals surface area contributed by atoms with Crippen molar-refractivity contribution in [3.05, 3.63) is 36.5 Å². The Balaban J connectivity index is 2.18. The Kier molecular flexibility index (Phi) is 5.04. The molecule has 2 rings (SSSR count). The van der Waals surface area contributed by atoms with Gasteiger partial charge in [-0.2, -0.15) is 0 Å². The van der Waals surface area contributed by atoms with Gasteiger partial charge in [0.2, 0.25) is 0 Å². The van der Waals surface area contributed by atoms with E-state index in [4.69, 9.17) is 18.9 Å². The van der Waals surface area contributed by atoms with E-state index in [0.717, 1.165) is 5.57 Å². The van der Waals surface area contributed by atoms with Gasteiger partial charge in [0, 0.05) is 7.11 Å². The lowest BCUT2D eigenvalue weighted by atomic mass is 9.91. The second-order valence-electron chi connectivity index (χ2n) is 5.99. The van der Waals surface area contributed by atoms with Gasteiger partial charge >= 0.3 is 0 Å². The lowest BCUT2D eigenvalue weighted by molar-refractivity contribution is -0.177. The monoisotopic (exact) mass is 294 g/mol. The summed E-state index contributed by atoms with van der Waals surface area (Å²) in [7, 11) is 1.67. The van der Waals surface area contributed by atoms with Crippen LogP contribution in [-0.4, -0.2) is 43.4 Å². The smallest absolute Gasteiger partial charge is 0.164 e. The molecule has 0 aromatic carbocycles. The zero-order valence-electron chi connectivity index (χ0n) is 13.5. The Morgan fingerprint density at radius 2 is 1.86 bits per heavy atom. The molecule has 0 aliphatic carbocycles. The number of methoxy groups -OCH3 is 1. The molecule has 0 spiro atoms. The van der Waals surface area contributed by atoms with Crippen LogP contribution in [0.25, 0.3) is 0 Å². The molecule has 0 amide bonds. The van der Waals surface area contributed by atoms with E-state index in [1.165, 1.54) is 0 Å². The van der Waals surface area contributed by atoms with E-state index in [0.29, 0.717) is 0 Å². The Morgan fingerprint density at radius 3 is 2.48 bits per heavy atom. The minimum absolute atomic E-state index is 0.0694. The minimum Gasteiger partial charge on any atom is -0.376 e. The molecule has 4 heteroatoms. The van der Waals surface area contributed by atoms with Crippen molar-refractivity contribution < 1.29 is 18.9 Å². The molecule has 4 nitrogen and oxygen atoms in total. The fraction of sp³-hybridized carbons (Fsp3) is 0.647. The van der Waals surface area contributed by atoms with Crippen LogP contribution in [0.3, 0.4) is 0 Å². The third kappa shape index (κ3) is 3.46. The minimum atomic E-state index is -0.610. The third-order valence-corrected chi connectivity index (χ3v) is 3.86. The molecule has 0 N–H and O–H groups in total. The van der Waals surface area contributed by atoms with Crippen molar-refractivity contribution >= 4 is 0 Å². The Labute approximate surface area is 127 Å². The van der Waals surface area contributed by atoms with Crippen molar-refractivity contribution in [1.29, 1.82) is 0 Å². The molecule has 0 radical (unpaired) electrons. The predicted octanol–water partition coefficient (Wildman–Crippen LogP) is 3.00. The highest BCUT2D eigenvalue weighted by Gasteiger charge is 2.54. The van der Waals surface area contributed by atoms with Crippen molar-refractivity contribution in [1.82, 2.24) is 0 Å². The maximum absolute atomic E-state index is 6.08. The standard InChI is InChI=1S/C17H26O4/c1-7-8-9-10-11(2)13-15(18-6)16-14(12(3)19-13)20-17(4,5)21-16/h7-10,12-16H,2H2,1,3-6H3/b8-7-,10-9-/t12?,13-,14+,15+,16+/m1/s1. The van der Waals surface area contributed by atoms with Crippen LogP contribution >= 0.6 is 0 Å². The number of hydrogen-bond donors (Lipinski definition) is 0. The molecule has 2 fully saturated rings. The summed E-state index contributed by atoms with van der Waals surface area (Å²) in [5.41, 5.74) is 0.874. The molecule has 0 aromatic heterocycles. The van der Waals surface area contributed by atoms with E-state index in [2.05, 4.69) is 6.58 Å². The summed E-state index contributed by atoms with van der Waals surface area (Å²) in [6.07, 6.45) is 7.03. The number of allylic oxidation sites excluding steroid dienone is 3. The molecule has 0 saturated carbocycles. The van der Waals surface area contributed by atoms with Gasteiger partial charge in [0.25, 0.3) is 0 Å². The highest BCUT2D eigenvalue weighted by atomic mass is 16.8. The predicted molar refractivity (Wildman–Crippen MR) is 82.1 cm³/mol. The largest absolute Gasteiger partial charge is 0.376 e. The van der Waals surface area contributed by atoms with Gasteiger partial charge in [0.1, 0.15) is 24.4 Å². The first-order valence-corrected chi connectivity index (χ1v) is 7.41. The Bertz CT molecular complexity index is 438. The second-order valence-corrected chi connectivity index (χ2v) is 5.99. The van der Waals surface area contributed by atoms with Crippen molar-refractivity contribution in [3.8, 4) is 0 Å². The van der Waals surface area contributed by atoms with E-state index in [1.807, 2.05) is 52.0 Å². The van der Waals surface area contributed by atoms with E-state index in [1.54, 1.807) is 7.11 Å². The van der Waals surface area contributed by atoms with Crippen molar-refractivity contribution in [3.63, 3.8) is 0 Å². The first-order valence-electron chi connectivity index (χ1n) is 7.41. The topological polar surface area (TPSA) is 36.9 Å². The summed E-state index contributed by atoms with van der Waals surface area (Å²) >= 11 is 0. The summed E-state index contributed by atoms with van der Waals surface area (Å²) < 4.78 is 23.7. The van der Waals surface area contributed by atoms with Gasteiger partial charge in [0.15, 0.2) is 5.79 Å². The normalized spacial score (nSPS) is 39.0. The van der Waals surface area contributed by atoms with Crippen LogP contribution in [-0.2, 0) is 18.9 Å². The third-order valence-electron chi connectivity index (χ3n) is 3.86. The van der Waals surface area contributed by atoms with Crippen LogP contribution in [0.4, 0.5) is 0 Å². The van der Waals surface area contributed by atoms with E-state index < -0.39 is 5.79 Å². The fourth-order valence-electron chi connectivity index (χ4n) is 2.93. The van der Waals surface area contributed by atoms with Crippen LogP contribution < -0.4 is 0 Å². The van der Waals surface area contributed by atoms with Crippen LogP contribution in [0.15, 0.2) is 36.5 Å². The summed E-state index contributed by atoms with van der Waals surface area (Å²) in [4.78, 5) is 0. The van der Waals surface area contributed by atoms with Crippen molar-refractivity contribution in [2.45, 2.75) is 64.0 Å². The zero-order valence-corrected chi connectivity index (χ0v) is 13.5. The SMILES string of the molecule is C=C(/C=C\C=C/C)[C@H]1OC(C)[C@@H]2OC(C)(C)O[C@@H]2[C@H]1OC. The van der Waals surface area contributed by atoms with E-state index >= 15 is 0 Å². The molecule has 1 unspecified atom stereocenters. The van der Waals surface area contributed by atoms with Crippen LogP contribution in [0, 0.1) is 0 Å². The number of fused-ring (bicyclic) bond motifs is 1. The first kappa shape index (κ1) is 16.4. The molecule has 2 saturated heterocycles. The average Bonchev–Trinajstić information content (AvgIpc) is 2.74. The molecule has 0 bridgehead atoms. The van der Waals surface area contributed by atoms with Gasteiger partial charge in [-0.25, -0.2) is 0 Å². The molecule has 2 heterocycles. The number of hydrogen-bond acceptors (Lipinski definition) is 4. The van der Waals surface area contributed by atoms with Crippen LogP contribution in [0.5, 0.6) is 0 Å². The summed E-state index contributed by atoms with van der Waals surface area (Å²) in [6.45, 7) is 11.9. The fourth-order valence-corrected chi connectivity index (χ4v) is 2.93. The molecule has 0 aromatic rings. The molecule has 21 heavy (non-hydrogen) atoms. The molecule has 2 aliphatic heterocycles. The van der Waals surface area contributed by atoms with Gasteiger partial charge in [-0.15, -0.1) is 0 Å². The second kappa shape index (κ2) is 6.44. The maximum Gasteiger partial charge on any atom is 0.164 e. The highest BCUT2D eigenvalue weighted by molar-refractivity contribution is 5.26. The Morgan fingerprint density at radius 1 is 1.19 bits per heavy atom. The molecule has 2 aliphatic rings. The first-order chi connectivity index (χ1) is 9.89. The molecular formula is C17H26O4. The van der Waals surface area contributed by atoms with Gasteiger partial charge in [0.05, 0.1) is 6.10 Å². The molecular weight excluding hydrogens is 268 g/mol. The molecule has 118 valence electrons. The van der Waals surface area contributed by atoms with Crippen molar-refractivity contribution in [2.24, 2.45) is 0 Å².